The minimum Gasteiger partial charge on any atom is -0.496 e. The lowest BCUT2D eigenvalue weighted by molar-refractivity contribution is 0.411. The second-order valence-electron chi connectivity index (χ2n) is 6.56. The number of methoxy groups -OCH3 is 1. The van der Waals surface area contributed by atoms with Crippen molar-refractivity contribution in [2.75, 3.05) is 13.7 Å². The van der Waals surface area contributed by atoms with Crippen LogP contribution in [0.3, 0.4) is 0 Å². The van der Waals surface area contributed by atoms with Gasteiger partial charge in [0, 0.05) is 12.0 Å². The maximum atomic E-state index is 12.8. The Morgan fingerprint density at radius 1 is 1.08 bits per heavy atom. The van der Waals surface area contributed by atoms with Gasteiger partial charge < -0.3 is 4.74 Å². The normalized spacial score (nSPS) is 16.0. The molecule has 2 aromatic rings. The number of sulfonamides is 1. The molecule has 0 bridgehead atoms. The van der Waals surface area contributed by atoms with E-state index in [-0.39, 0.29) is 5.41 Å². The summed E-state index contributed by atoms with van der Waals surface area (Å²) < 4.78 is 33.6. The molecule has 1 aliphatic carbocycles. The zero-order chi connectivity index (χ0) is 17.4. The van der Waals surface area contributed by atoms with Crippen LogP contribution < -0.4 is 9.46 Å². The summed E-state index contributed by atoms with van der Waals surface area (Å²) >= 11 is 0. The van der Waals surface area contributed by atoms with Crippen LogP contribution in [0, 0.1) is 13.8 Å². The lowest BCUT2D eigenvalue weighted by Crippen LogP contribution is -2.32. The summed E-state index contributed by atoms with van der Waals surface area (Å²) in [6.45, 7) is 4.08. The van der Waals surface area contributed by atoms with Crippen LogP contribution in [-0.2, 0) is 15.4 Å². The molecule has 0 aromatic heterocycles. The van der Waals surface area contributed by atoms with Crippen LogP contribution in [-0.4, -0.2) is 22.1 Å². The molecule has 0 atom stereocenters. The Balaban J connectivity index is 1.82. The highest BCUT2D eigenvalue weighted by atomic mass is 32.2. The minimum absolute atomic E-state index is 0.0518. The topological polar surface area (TPSA) is 55.4 Å². The lowest BCUT2D eigenvalue weighted by atomic mass is 9.96. The molecule has 1 saturated carbocycles. The van der Waals surface area contributed by atoms with Gasteiger partial charge in [-0.25, -0.2) is 13.1 Å². The number of hydrogen-bond donors (Lipinski definition) is 1. The first kappa shape index (κ1) is 17.0. The van der Waals surface area contributed by atoms with Gasteiger partial charge in [0.15, 0.2) is 0 Å². The number of ether oxygens (including phenoxy) is 1. The molecule has 1 fully saturated rings. The lowest BCUT2D eigenvalue weighted by Gasteiger charge is -2.18. The first-order valence-corrected chi connectivity index (χ1v) is 9.57. The monoisotopic (exact) mass is 345 g/mol. The van der Waals surface area contributed by atoms with E-state index in [0.717, 1.165) is 18.4 Å². The van der Waals surface area contributed by atoms with Gasteiger partial charge in [0.1, 0.15) is 5.75 Å². The van der Waals surface area contributed by atoms with Crippen molar-refractivity contribution in [2.24, 2.45) is 0 Å². The van der Waals surface area contributed by atoms with Crippen molar-refractivity contribution in [2.45, 2.75) is 37.0 Å². The number of aryl methyl sites for hydroxylation is 2. The van der Waals surface area contributed by atoms with Crippen molar-refractivity contribution in [1.29, 1.82) is 0 Å². The fraction of sp³-hybridized carbons (Fsp3) is 0.368. The second kappa shape index (κ2) is 6.22. The summed E-state index contributed by atoms with van der Waals surface area (Å²) in [4.78, 5) is 0.324. The van der Waals surface area contributed by atoms with Crippen molar-refractivity contribution >= 4 is 10.0 Å². The highest BCUT2D eigenvalue weighted by molar-refractivity contribution is 7.89. The molecule has 2 aromatic carbocycles. The Morgan fingerprint density at radius 2 is 1.75 bits per heavy atom. The third-order valence-electron chi connectivity index (χ3n) is 4.82. The maximum absolute atomic E-state index is 12.8. The predicted octanol–water partition coefficient (Wildman–Crippen LogP) is 3.32. The van der Waals surface area contributed by atoms with Crippen LogP contribution in [0.5, 0.6) is 5.75 Å². The van der Waals surface area contributed by atoms with Crippen molar-refractivity contribution in [3.05, 3.63) is 59.2 Å². The molecule has 0 radical (unpaired) electrons. The highest BCUT2D eigenvalue weighted by Crippen LogP contribution is 2.47. The second-order valence-corrected chi connectivity index (χ2v) is 8.29. The van der Waals surface area contributed by atoms with E-state index in [9.17, 15) is 8.42 Å². The van der Waals surface area contributed by atoms with Crippen molar-refractivity contribution in [1.82, 2.24) is 4.72 Å². The molecule has 0 spiro atoms. The van der Waals surface area contributed by atoms with Crippen LogP contribution in [0.4, 0.5) is 0 Å². The average Bonchev–Trinajstić information content (AvgIpc) is 3.37. The molecule has 5 heteroatoms. The van der Waals surface area contributed by atoms with Gasteiger partial charge in [-0.15, -0.1) is 0 Å². The number of hydrogen-bond acceptors (Lipinski definition) is 3. The highest BCUT2D eigenvalue weighted by Gasteiger charge is 2.44. The zero-order valence-corrected chi connectivity index (χ0v) is 15.1. The van der Waals surface area contributed by atoms with Crippen LogP contribution in [0.2, 0.25) is 0 Å². The van der Waals surface area contributed by atoms with E-state index in [1.165, 1.54) is 5.56 Å². The Kier molecular flexibility index (Phi) is 4.40. The van der Waals surface area contributed by atoms with Crippen LogP contribution in [0.15, 0.2) is 47.4 Å². The molecule has 24 heavy (non-hydrogen) atoms. The standard InChI is InChI=1S/C19H23NO3S/c1-14-12-18(15(2)11-17(14)23-3)24(21,22)20-13-19(9-10-19)16-7-5-4-6-8-16/h4-8,11-12,20H,9-10,13H2,1-3H3. The van der Waals surface area contributed by atoms with Gasteiger partial charge in [-0.05, 0) is 55.5 Å². The molecule has 1 aliphatic rings. The van der Waals surface area contributed by atoms with Crippen LogP contribution in [0.25, 0.3) is 0 Å². The van der Waals surface area contributed by atoms with Gasteiger partial charge in [0.2, 0.25) is 10.0 Å². The smallest absolute Gasteiger partial charge is 0.240 e. The average molecular weight is 345 g/mol. The molecular weight excluding hydrogens is 322 g/mol. The molecule has 128 valence electrons. The molecule has 4 nitrogen and oxygen atoms in total. The van der Waals surface area contributed by atoms with E-state index in [4.69, 9.17) is 4.74 Å². The Hall–Kier alpha value is -1.85. The molecule has 0 heterocycles. The SMILES string of the molecule is COc1cc(C)c(S(=O)(=O)NCC2(c3ccccc3)CC2)cc1C. The van der Waals surface area contributed by atoms with E-state index >= 15 is 0 Å². The van der Waals surface area contributed by atoms with E-state index in [1.54, 1.807) is 26.2 Å². The molecular formula is C19H23NO3S. The third-order valence-corrected chi connectivity index (χ3v) is 6.37. The van der Waals surface area contributed by atoms with Gasteiger partial charge in [-0.2, -0.15) is 0 Å². The van der Waals surface area contributed by atoms with Gasteiger partial charge in [-0.3, -0.25) is 0 Å². The summed E-state index contributed by atoms with van der Waals surface area (Å²) in [5, 5.41) is 0. The number of nitrogens with one attached hydrogen (secondary N) is 1. The molecule has 3 rings (SSSR count). The molecule has 0 saturated heterocycles. The van der Waals surface area contributed by atoms with Gasteiger partial charge >= 0.3 is 0 Å². The van der Waals surface area contributed by atoms with Gasteiger partial charge in [-0.1, -0.05) is 30.3 Å². The summed E-state index contributed by atoms with van der Waals surface area (Å²) in [5.74, 6) is 0.703. The Labute approximate surface area is 143 Å². The Morgan fingerprint density at radius 3 is 2.33 bits per heavy atom. The molecule has 0 amide bonds. The van der Waals surface area contributed by atoms with E-state index in [0.29, 0.717) is 22.8 Å². The zero-order valence-electron chi connectivity index (χ0n) is 14.3. The fourth-order valence-corrected chi connectivity index (χ4v) is 4.53. The van der Waals surface area contributed by atoms with Gasteiger partial charge in [0.25, 0.3) is 0 Å². The Bertz CT molecular complexity index is 840. The van der Waals surface area contributed by atoms with E-state index in [2.05, 4.69) is 16.9 Å². The molecule has 1 N–H and O–H groups in total. The third kappa shape index (κ3) is 3.19. The van der Waals surface area contributed by atoms with Crippen molar-refractivity contribution in [3.63, 3.8) is 0 Å². The number of rotatable bonds is 6. The largest absolute Gasteiger partial charge is 0.496 e. The summed E-state index contributed by atoms with van der Waals surface area (Å²) in [6.07, 6.45) is 2.03. The number of benzene rings is 2. The summed E-state index contributed by atoms with van der Waals surface area (Å²) in [5.41, 5.74) is 2.65. The maximum Gasteiger partial charge on any atom is 0.240 e. The quantitative estimate of drug-likeness (QED) is 0.874. The van der Waals surface area contributed by atoms with Crippen LogP contribution >= 0.6 is 0 Å². The molecule has 0 unspecified atom stereocenters. The first-order valence-electron chi connectivity index (χ1n) is 8.08. The first-order chi connectivity index (χ1) is 11.4. The van der Waals surface area contributed by atoms with Crippen LogP contribution in [0.1, 0.15) is 29.5 Å². The minimum atomic E-state index is -3.55. The summed E-state index contributed by atoms with van der Waals surface area (Å²) in [7, 11) is -1.96. The van der Waals surface area contributed by atoms with Crippen molar-refractivity contribution < 1.29 is 13.2 Å². The van der Waals surface area contributed by atoms with E-state index in [1.807, 2.05) is 25.1 Å². The summed E-state index contributed by atoms with van der Waals surface area (Å²) in [6, 6.07) is 13.6. The van der Waals surface area contributed by atoms with Gasteiger partial charge in [0.05, 0.1) is 12.0 Å². The molecule has 0 aliphatic heterocycles. The van der Waals surface area contributed by atoms with E-state index < -0.39 is 10.0 Å². The predicted molar refractivity (Wildman–Crippen MR) is 95.0 cm³/mol. The fourth-order valence-electron chi connectivity index (χ4n) is 3.09. The van der Waals surface area contributed by atoms with Crippen molar-refractivity contribution in [3.8, 4) is 5.75 Å².